The molecule has 1 amide bonds. The SMILES string of the molecule is Cc1nn(Cc2ccc(C(=O)Nc3ccc(S(=O)(=O)NC45CC6CC(CC(C6)C4)C5)cc3)cc2)c(C)c1Br. The van der Waals surface area contributed by atoms with E-state index in [-0.39, 0.29) is 16.3 Å². The summed E-state index contributed by atoms with van der Waals surface area (Å²) in [4.78, 5) is 13.1. The van der Waals surface area contributed by atoms with Crippen LogP contribution in [0.15, 0.2) is 57.9 Å². The second-order valence-electron chi connectivity index (χ2n) is 11.6. The monoisotopic (exact) mass is 596 g/mol. The molecule has 0 radical (unpaired) electrons. The molecule has 4 aliphatic rings. The minimum atomic E-state index is -3.63. The molecule has 2 aromatic carbocycles. The van der Waals surface area contributed by atoms with Crippen molar-refractivity contribution in [2.75, 3.05) is 5.32 Å². The summed E-state index contributed by atoms with van der Waals surface area (Å²) >= 11 is 3.55. The van der Waals surface area contributed by atoms with E-state index in [0.29, 0.717) is 35.5 Å². The number of anilines is 1. The van der Waals surface area contributed by atoms with Crippen LogP contribution in [0.2, 0.25) is 0 Å². The van der Waals surface area contributed by atoms with E-state index in [0.717, 1.165) is 40.7 Å². The molecule has 0 unspecified atom stereocenters. The number of carbonyl (C=O) groups is 1. The van der Waals surface area contributed by atoms with E-state index in [4.69, 9.17) is 0 Å². The zero-order chi connectivity index (χ0) is 26.7. The number of benzene rings is 2. The van der Waals surface area contributed by atoms with Gasteiger partial charge in [0.1, 0.15) is 0 Å². The maximum atomic E-state index is 13.3. The third-order valence-electron chi connectivity index (χ3n) is 8.65. The number of nitrogens with one attached hydrogen (secondary N) is 2. The molecule has 4 fully saturated rings. The summed E-state index contributed by atoms with van der Waals surface area (Å²) in [5.41, 5.74) is 3.85. The molecule has 1 aromatic heterocycles. The fourth-order valence-electron chi connectivity index (χ4n) is 7.26. The summed E-state index contributed by atoms with van der Waals surface area (Å²) in [5, 5.41) is 7.41. The highest BCUT2D eigenvalue weighted by Gasteiger charge is 2.52. The number of hydrogen-bond donors (Lipinski definition) is 2. The predicted octanol–water partition coefficient (Wildman–Crippen LogP) is 5.81. The average molecular weight is 598 g/mol. The van der Waals surface area contributed by atoms with Gasteiger partial charge >= 0.3 is 0 Å². The van der Waals surface area contributed by atoms with Crippen molar-refractivity contribution < 1.29 is 13.2 Å². The number of nitrogens with zero attached hydrogens (tertiary/aromatic N) is 2. The summed E-state index contributed by atoms with van der Waals surface area (Å²) in [6, 6.07) is 13.9. The lowest BCUT2D eigenvalue weighted by Gasteiger charge is -2.56. The highest BCUT2D eigenvalue weighted by molar-refractivity contribution is 9.10. The van der Waals surface area contributed by atoms with E-state index in [2.05, 4.69) is 31.1 Å². The number of sulfonamides is 1. The van der Waals surface area contributed by atoms with Gasteiger partial charge in [-0.25, -0.2) is 13.1 Å². The normalized spacial score (nSPS) is 26.0. The lowest BCUT2D eigenvalue weighted by molar-refractivity contribution is -0.00810. The van der Waals surface area contributed by atoms with Crippen LogP contribution in [0.25, 0.3) is 0 Å². The van der Waals surface area contributed by atoms with Gasteiger partial charge in [-0.2, -0.15) is 5.10 Å². The van der Waals surface area contributed by atoms with E-state index in [1.54, 1.807) is 36.4 Å². The Bertz CT molecular complexity index is 1440. The van der Waals surface area contributed by atoms with E-state index >= 15 is 0 Å². The van der Waals surface area contributed by atoms with Crippen LogP contribution in [0.5, 0.6) is 0 Å². The molecule has 200 valence electrons. The highest BCUT2D eigenvalue weighted by Crippen LogP contribution is 2.56. The van der Waals surface area contributed by atoms with Crippen LogP contribution in [0.3, 0.4) is 0 Å². The predicted molar refractivity (Wildman–Crippen MR) is 151 cm³/mol. The van der Waals surface area contributed by atoms with Gasteiger partial charge in [-0.15, -0.1) is 0 Å². The van der Waals surface area contributed by atoms with Gasteiger partial charge in [0.15, 0.2) is 0 Å². The fraction of sp³-hybridized carbons (Fsp3) is 0.448. The molecule has 0 spiro atoms. The second-order valence-corrected chi connectivity index (χ2v) is 14.1. The molecular formula is C29H33BrN4O3S. The van der Waals surface area contributed by atoms with Crippen LogP contribution in [0.1, 0.15) is 65.8 Å². The van der Waals surface area contributed by atoms with E-state index in [1.807, 2.05) is 30.7 Å². The van der Waals surface area contributed by atoms with E-state index < -0.39 is 10.0 Å². The Balaban J connectivity index is 1.09. The van der Waals surface area contributed by atoms with Crippen molar-refractivity contribution >= 4 is 37.5 Å². The molecular weight excluding hydrogens is 564 g/mol. The van der Waals surface area contributed by atoms with Crippen molar-refractivity contribution in [3.05, 3.63) is 75.5 Å². The first-order valence-electron chi connectivity index (χ1n) is 13.3. The fourth-order valence-corrected chi connectivity index (χ4v) is 8.98. The number of aryl methyl sites for hydroxylation is 1. The van der Waals surface area contributed by atoms with Crippen LogP contribution >= 0.6 is 15.9 Å². The average Bonchev–Trinajstić information content (AvgIpc) is 3.09. The molecule has 0 saturated heterocycles. The Hall–Kier alpha value is -2.49. The maximum absolute atomic E-state index is 13.3. The molecule has 0 aliphatic heterocycles. The second kappa shape index (κ2) is 9.61. The first-order valence-corrected chi connectivity index (χ1v) is 15.6. The molecule has 9 heteroatoms. The summed E-state index contributed by atoms with van der Waals surface area (Å²) in [6.45, 7) is 4.59. The smallest absolute Gasteiger partial charge is 0.255 e. The Morgan fingerprint density at radius 3 is 2.08 bits per heavy atom. The van der Waals surface area contributed by atoms with Gasteiger partial charge in [0.2, 0.25) is 10.0 Å². The Labute approximate surface area is 232 Å². The van der Waals surface area contributed by atoms with Gasteiger partial charge in [-0.05, 0) is 128 Å². The largest absolute Gasteiger partial charge is 0.322 e. The van der Waals surface area contributed by atoms with Crippen molar-refractivity contribution in [3.63, 3.8) is 0 Å². The molecule has 0 atom stereocenters. The first-order chi connectivity index (χ1) is 18.1. The zero-order valence-corrected chi connectivity index (χ0v) is 24.1. The minimum absolute atomic E-state index is 0.242. The zero-order valence-electron chi connectivity index (χ0n) is 21.7. The molecule has 4 aliphatic carbocycles. The number of amides is 1. The van der Waals surface area contributed by atoms with E-state index in [9.17, 15) is 13.2 Å². The third kappa shape index (κ3) is 4.96. The molecule has 1 heterocycles. The molecule has 38 heavy (non-hydrogen) atoms. The summed E-state index contributed by atoms with van der Waals surface area (Å²) in [5.74, 6) is 1.75. The Morgan fingerprint density at radius 2 is 1.55 bits per heavy atom. The van der Waals surface area contributed by atoms with Crippen molar-refractivity contribution in [3.8, 4) is 0 Å². The first kappa shape index (κ1) is 25.8. The van der Waals surface area contributed by atoms with Gasteiger partial charge in [-0.3, -0.25) is 9.48 Å². The van der Waals surface area contributed by atoms with Crippen molar-refractivity contribution in [2.45, 2.75) is 69.4 Å². The number of halogens is 1. The topological polar surface area (TPSA) is 93.1 Å². The van der Waals surface area contributed by atoms with Crippen molar-refractivity contribution in [1.29, 1.82) is 0 Å². The maximum Gasteiger partial charge on any atom is 0.255 e. The number of rotatable bonds is 7. The van der Waals surface area contributed by atoms with Gasteiger partial charge in [0.25, 0.3) is 5.91 Å². The van der Waals surface area contributed by atoms with E-state index in [1.165, 1.54) is 19.3 Å². The number of aromatic nitrogens is 2. The molecule has 2 N–H and O–H groups in total. The third-order valence-corrected chi connectivity index (χ3v) is 11.4. The standard InChI is InChI=1S/C29H33BrN4O3S/c1-18-27(30)19(2)34(32-18)17-20-3-5-24(6-4-20)28(35)31-25-7-9-26(10-8-25)38(36,37)33-29-14-21-11-22(15-29)13-23(12-21)16-29/h3-10,21-23,33H,11-17H2,1-2H3,(H,31,35). The minimum Gasteiger partial charge on any atom is -0.322 e. The Kier molecular flexibility index (Phi) is 6.52. The van der Waals surface area contributed by atoms with Crippen LogP contribution in [-0.4, -0.2) is 29.6 Å². The van der Waals surface area contributed by atoms with Gasteiger partial charge in [0, 0.05) is 16.8 Å². The molecule has 3 aromatic rings. The lowest BCUT2D eigenvalue weighted by atomic mass is 9.53. The van der Waals surface area contributed by atoms with Crippen molar-refractivity contribution in [1.82, 2.24) is 14.5 Å². The van der Waals surface area contributed by atoms with Crippen molar-refractivity contribution in [2.24, 2.45) is 17.8 Å². The van der Waals surface area contributed by atoms with Crippen LogP contribution in [0.4, 0.5) is 5.69 Å². The quantitative estimate of drug-likeness (QED) is 0.360. The number of carbonyl (C=O) groups excluding carboxylic acids is 1. The van der Waals surface area contributed by atoms with Crippen LogP contribution in [0, 0.1) is 31.6 Å². The lowest BCUT2D eigenvalue weighted by Crippen LogP contribution is -2.59. The highest BCUT2D eigenvalue weighted by atomic mass is 79.9. The molecule has 4 saturated carbocycles. The van der Waals surface area contributed by atoms with Gasteiger partial charge in [-0.1, -0.05) is 12.1 Å². The Morgan fingerprint density at radius 1 is 0.974 bits per heavy atom. The van der Waals surface area contributed by atoms with Gasteiger partial charge in [0.05, 0.1) is 27.3 Å². The van der Waals surface area contributed by atoms with Crippen LogP contribution < -0.4 is 10.0 Å². The number of hydrogen-bond acceptors (Lipinski definition) is 4. The van der Waals surface area contributed by atoms with Gasteiger partial charge < -0.3 is 5.32 Å². The summed E-state index contributed by atoms with van der Waals surface area (Å²) in [7, 11) is -3.63. The molecule has 4 bridgehead atoms. The molecule has 7 nitrogen and oxygen atoms in total. The summed E-state index contributed by atoms with van der Waals surface area (Å²) < 4.78 is 32.6. The van der Waals surface area contributed by atoms with Crippen LogP contribution in [-0.2, 0) is 16.6 Å². The summed E-state index contributed by atoms with van der Waals surface area (Å²) in [6.07, 6.45) is 6.68. The molecule has 7 rings (SSSR count).